The molecule has 0 atom stereocenters. The second kappa shape index (κ2) is 7.36. The summed E-state index contributed by atoms with van der Waals surface area (Å²) in [6.07, 6.45) is -3.15. The molecule has 0 N–H and O–H groups in total. The van der Waals surface area contributed by atoms with E-state index < -0.39 is 28.7 Å². The number of carbonyl (C=O) groups excluding carboxylic acids is 2. The van der Waals surface area contributed by atoms with Crippen LogP contribution in [0.2, 0.25) is 5.02 Å². The standard InChI is InChI=1S/C18H10ClF4NO2S/c19-13-2-1-3-14(20)12(13)9-24-16(25)15(27-17(24)26)8-10-4-6-11(7-5-10)18(21,22)23/h1-8H,9H2/b15-8-. The first-order valence-electron chi connectivity index (χ1n) is 7.52. The number of imide groups is 1. The summed E-state index contributed by atoms with van der Waals surface area (Å²) in [5.74, 6) is -1.31. The maximum Gasteiger partial charge on any atom is 0.416 e. The van der Waals surface area contributed by atoms with Gasteiger partial charge in [0.2, 0.25) is 0 Å². The van der Waals surface area contributed by atoms with E-state index in [1.807, 2.05) is 0 Å². The summed E-state index contributed by atoms with van der Waals surface area (Å²) in [5.41, 5.74) is -0.475. The van der Waals surface area contributed by atoms with Gasteiger partial charge in [-0.3, -0.25) is 14.5 Å². The van der Waals surface area contributed by atoms with Gasteiger partial charge in [0, 0.05) is 10.6 Å². The smallest absolute Gasteiger partial charge is 0.268 e. The molecule has 0 radical (unpaired) electrons. The van der Waals surface area contributed by atoms with E-state index in [0.29, 0.717) is 17.3 Å². The molecule has 1 fully saturated rings. The number of amides is 2. The van der Waals surface area contributed by atoms with Crippen LogP contribution in [0.5, 0.6) is 0 Å². The lowest BCUT2D eigenvalue weighted by Gasteiger charge is -2.14. The highest BCUT2D eigenvalue weighted by molar-refractivity contribution is 8.18. The fourth-order valence-corrected chi connectivity index (χ4v) is 3.46. The van der Waals surface area contributed by atoms with Gasteiger partial charge < -0.3 is 0 Å². The van der Waals surface area contributed by atoms with Crippen molar-refractivity contribution in [1.29, 1.82) is 0 Å². The summed E-state index contributed by atoms with van der Waals surface area (Å²) in [5, 5.41) is -0.529. The van der Waals surface area contributed by atoms with Gasteiger partial charge in [-0.1, -0.05) is 29.8 Å². The summed E-state index contributed by atoms with van der Waals surface area (Å²) in [7, 11) is 0. The lowest BCUT2D eigenvalue weighted by atomic mass is 10.1. The topological polar surface area (TPSA) is 37.4 Å². The predicted molar refractivity (Wildman–Crippen MR) is 94.4 cm³/mol. The average Bonchev–Trinajstić information content (AvgIpc) is 2.85. The molecule has 3 rings (SSSR count). The van der Waals surface area contributed by atoms with Crippen molar-refractivity contribution in [3.8, 4) is 0 Å². The Morgan fingerprint density at radius 3 is 2.33 bits per heavy atom. The molecular weight excluding hydrogens is 406 g/mol. The Bertz CT molecular complexity index is 921. The normalized spacial score (nSPS) is 16.5. The van der Waals surface area contributed by atoms with Crippen LogP contribution < -0.4 is 0 Å². The van der Waals surface area contributed by atoms with Crippen LogP contribution in [0, 0.1) is 5.82 Å². The van der Waals surface area contributed by atoms with Gasteiger partial charge in [-0.25, -0.2) is 4.39 Å². The highest BCUT2D eigenvalue weighted by atomic mass is 35.5. The average molecular weight is 416 g/mol. The minimum Gasteiger partial charge on any atom is -0.268 e. The number of rotatable bonds is 3. The maximum atomic E-state index is 13.9. The first kappa shape index (κ1) is 19.4. The zero-order chi connectivity index (χ0) is 19.8. The Labute approximate surface area is 160 Å². The fourth-order valence-electron chi connectivity index (χ4n) is 2.40. The highest BCUT2D eigenvalue weighted by Crippen LogP contribution is 2.35. The van der Waals surface area contributed by atoms with Crippen molar-refractivity contribution < 1.29 is 27.2 Å². The Balaban J connectivity index is 1.82. The molecule has 0 saturated carbocycles. The van der Waals surface area contributed by atoms with Crippen LogP contribution in [0.25, 0.3) is 6.08 Å². The molecule has 1 saturated heterocycles. The third kappa shape index (κ3) is 4.17. The SMILES string of the molecule is O=C1S/C(=C\c2ccc(C(F)(F)F)cc2)C(=O)N1Cc1c(F)cccc1Cl. The van der Waals surface area contributed by atoms with Crippen LogP contribution in [-0.2, 0) is 17.5 Å². The molecule has 0 aliphatic carbocycles. The zero-order valence-electron chi connectivity index (χ0n) is 13.4. The molecular formula is C18H10ClF4NO2S. The molecule has 0 unspecified atom stereocenters. The van der Waals surface area contributed by atoms with Crippen LogP contribution in [0.4, 0.5) is 22.4 Å². The van der Waals surface area contributed by atoms with E-state index in [0.717, 1.165) is 17.0 Å². The third-order valence-corrected chi connectivity index (χ3v) is 5.05. The molecule has 2 aromatic rings. The number of alkyl halides is 3. The first-order valence-corrected chi connectivity index (χ1v) is 8.72. The van der Waals surface area contributed by atoms with Crippen molar-refractivity contribution >= 4 is 40.6 Å². The van der Waals surface area contributed by atoms with Gasteiger partial charge in [0.1, 0.15) is 5.82 Å². The molecule has 2 aromatic carbocycles. The van der Waals surface area contributed by atoms with Crippen LogP contribution >= 0.6 is 23.4 Å². The van der Waals surface area contributed by atoms with Gasteiger partial charge in [-0.2, -0.15) is 13.2 Å². The summed E-state index contributed by atoms with van der Waals surface area (Å²) in [6.45, 7) is -0.333. The minimum atomic E-state index is -4.46. The van der Waals surface area contributed by atoms with E-state index in [1.54, 1.807) is 0 Å². The second-order valence-corrected chi connectivity index (χ2v) is 6.99. The molecule has 0 aromatic heterocycles. The number of thioether (sulfide) groups is 1. The largest absolute Gasteiger partial charge is 0.416 e. The van der Waals surface area contributed by atoms with Gasteiger partial charge in [-0.15, -0.1) is 0 Å². The van der Waals surface area contributed by atoms with Crippen molar-refractivity contribution in [3.63, 3.8) is 0 Å². The van der Waals surface area contributed by atoms with Crippen molar-refractivity contribution in [2.24, 2.45) is 0 Å². The lowest BCUT2D eigenvalue weighted by Crippen LogP contribution is -2.28. The molecule has 0 spiro atoms. The first-order chi connectivity index (χ1) is 12.7. The summed E-state index contributed by atoms with van der Waals surface area (Å²) in [4.78, 5) is 25.4. The monoisotopic (exact) mass is 415 g/mol. The number of nitrogens with zero attached hydrogens (tertiary/aromatic N) is 1. The molecule has 0 bridgehead atoms. The molecule has 3 nitrogen and oxygen atoms in total. The van der Waals surface area contributed by atoms with E-state index in [2.05, 4.69) is 0 Å². The fraction of sp³-hybridized carbons (Fsp3) is 0.111. The van der Waals surface area contributed by atoms with Crippen LogP contribution in [0.3, 0.4) is 0 Å². The van der Waals surface area contributed by atoms with Crippen molar-refractivity contribution in [2.45, 2.75) is 12.7 Å². The molecule has 1 aliphatic rings. The van der Waals surface area contributed by atoms with Crippen molar-refractivity contribution in [2.75, 3.05) is 0 Å². The van der Waals surface area contributed by atoms with E-state index in [4.69, 9.17) is 11.6 Å². The summed E-state index contributed by atoms with van der Waals surface area (Å²) in [6, 6.07) is 8.17. The molecule has 2 amide bonds. The molecule has 1 heterocycles. The van der Waals surface area contributed by atoms with Crippen LogP contribution in [0.1, 0.15) is 16.7 Å². The Kier molecular flexibility index (Phi) is 5.30. The van der Waals surface area contributed by atoms with E-state index in [1.165, 1.54) is 36.4 Å². The number of hydrogen-bond acceptors (Lipinski definition) is 3. The zero-order valence-corrected chi connectivity index (χ0v) is 15.0. The van der Waals surface area contributed by atoms with Crippen LogP contribution in [0.15, 0.2) is 47.4 Å². The third-order valence-electron chi connectivity index (χ3n) is 3.79. The van der Waals surface area contributed by atoms with Gasteiger partial charge in [0.05, 0.1) is 17.0 Å². The molecule has 27 heavy (non-hydrogen) atoms. The number of carbonyl (C=O) groups is 2. The Hall–Kier alpha value is -2.32. The van der Waals surface area contributed by atoms with Crippen molar-refractivity contribution in [1.82, 2.24) is 4.90 Å². The Morgan fingerprint density at radius 1 is 1.07 bits per heavy atom. The van der Waals surface area contributed by atoms with E-state index >= 15 is 0 Å². The Morgan fingerprint density at radius 2 is 1.74 bits per heavy atom. The van der Waals surface area contributed by atoms with Gasteiger partial charge in [0.15, 0.2) is 0 Å². The van der Waals surface area contributed by atoms with Gasteiger partial charge in [0.25, 0.3) is 11.1 Å². The summed E-state index contributed by atoms with van der Waals surface area (Å²) < 4.78 is 51.7. The molecule has 1 aliphatic heterocycles. The quantitative estimate of drug-likeness (QED) is 0.474. The maximum absolute atomic E-state index is 13.9. The van der Waals surface area contributed by atoms with E-state index in [9.17, 15) is 27.2 Å². The number of hydrogen-bond donors (Lipinski definition) is 0. The van der Waals surface area contributed by atoms with Crippen molar-refractivity contribution in [3.05, 3.63) is 74.9 Å². The highest BCUT2D eigenvalue weighted by Gasteiger charge is 2.36. The lowest BCUT2D eigenvalue weighted by molar-refractivity contribution is -0.137. The second-order valence-electron chi connectivity index (χ2n) is 5.59. The van der Waals surface area contributed by atoms with Gasteiger partial charge >= 0.3 is 6.18 Å². The van der Waals surface area contributed by atoms with E-state index in [-0.39, 0.29) is 22.0 Å². The predicted octanol–water partition coefficient (Wildman–Crippen LogP) is 5.73. The van der Waals surface area contributed by atoms with Crippen LogP contribution in [-0.4, -0.2) is 16.0 Å². The number of halogens is 5. The minimum absolute atomic E-state index is 0.0113. The molecule has 140 valence electrons. The van der Waals surface area contributed by atoms with Gasteiger partial charge in [-0.05, 0) is 47.7 Å². The number of benzene rings is 2. The summed E-state index contributed by atoms with van der Waals surface area (Å²) >= 11 is 6.55. The molecule has 9 heteroatoms.